The molecule has 1 aromatic carbocycles. The Hall–Kier alpha value is -2.57. The Morgan fingerprint density at radius 1 is 1.30 bits per heavy atom. The van der Waals surface area contributed by atoms with Gasteiger partial charge in [-0.15, -0.1) is 9.50 Å². The largest absolute Gasteiger partial charge is 0.384 e. The van der Waals surface area contributed by atoms with Crippen LogP contribution >= 0.6 is 0 Å². The predicted octanol–water partition coefficient (Wildman–Crippen LogP) is -3.06. The van der Waals surface area contributed by atoms with Crippen LogP contribution in [0.4, 0.5) is 5.69 Å². The molecule has 2 N–H and O–H groups in total. The summed E-state index contributed by atoms with van der Waals surface area (Å²) in [4.78, 5) is 14.6. The molecule has 12 heteroatoms. The molecule has 3 rings (SSSR count). The number of nitro benzene ring substituents is 1. The van der Waals surface area contributed by atoms with Gasteiger partial charge in [0.1, 0.15) is 6.20 Å². The van der Waals surface area contributed by atoms with Crippen molar-refractivity contribution in [2.45, 2.75) is 0 Å². The molecule has 0 atom stereocenters. The minimum absolute atomic E-state index is 0.0778. The molecule has 2 heterocycles. The fourth-order valence-electron chi connectivity index (χ4n) is 1.81. The predicted molar refractivity (Wildman–Crippen MR) is 65.0 cm³/mol. The second-order valence-corrected chi connectivity index (χ2v) is 5.16. The van der Waals surface area contributed by atoms with E-state index in [2.05, 4.69) is 10.1 Å². The number of hydrogen-bond acceptors (Lipinski definition) is 7. The summed E-state index contributed by atoms with van der Waals surface area (Å²) < 4.78 is 36.4. The molecule has 0 unspecified atom stereocenters. The lowest BCUT2D eigenvalue weighted by molar-refractivity contribution is -1.92. The molecule has 23 heavy (non-hydrogen) atoms. The molecule has 0 bridgehead atoms. The number of aromatic nitrogens is 4. The third-order valence-electron chi connectivity index (χ3n) is 2.77. The number of hydrogen-bond donors (Lipinski definition) is 2. The van der Waals surface area contributed by atoms with Crippen LogP contribution in [0.5, 0.6) is 0 Å². The average Bonchev–Trinajstić information content (AvgIpc) is 3.00. The molecule has 0 aliphatic carbocycles. The second kappa shape index (κ2) is 6.28. The first kappa shape index (κ1) is 16.8. The van der Waals surface area contributed by atoms with Crippen LogP contribution in [0.2, 0.25) is 0 Å². The first-order valence-electron chi connectivity index (χ1n) is 5.95. The van der Waals surface area contributed by atoms with Gasteiger partial charge < -0.3 is 0 Å². The zero-order valence-corrected chi connectivity index (χ0v) is 12.4. The van der Waals surface area contributed by atoms with E-state index in [0.29, 0.717) is 0 Å². The summed E-state index contributed by atoms with van der Waals surface area (Å²) in [5, 5.41) is 13.6. The lowest BCUT2D eigenvalue weighted by Crippen LogP contribution is -2.58. The molecular weight excluding hydrogens is 334 g/mol. The van der Waals surface area contributed by atoms with Gasteiger partial charge in [-0.3, -0.25) is 10.1 Å². The van der Waals surface area contributed by atoms with E-state index in [1.807, 2.05) is 17.8 Å². The molecule has 3 aromatic rings. The number of nitro groups is 1. The van der Waals surface area contributed by atoms with Crippen LogP contribution in [-0.2, 0) is 7.05 Å². The fraction of sp³-hybridized carbons (Fsp3) is 0.0909. The highest BCUT2D eigenvalue weighted by Crippen LogP contribution is 2.21. The molecule has 0 aliphatic rings. The third kappa shape index (κ3) is 4.45. The van der Waals surface area contributed by atoms with Gasteiger partial charge in [-0.2, -0.15) is 19.1 Å². The molecule has 0 saturated carbocycles. The Labute approximate surface area is 130 Å². The Bertz CT molecular complexity index is 816. The molecule has 0 radical (unpaired) electrons. The van der Waals surface area contributed by atoms with Gasteiger partial charge in [0.15, 0.2) is 12.0 Å². The van der Waals surface area contributed by atoms with Crippen molar-refractivity contribution in [2.24, 2.45) is 7.05 Å². The van der Waals surface area contributed by atoms with Crippen molar-refractivity contribution in [1.29, 1.82) is 0 Å². The van der Waals surface area contributed by atoms with E-state index < -0.39 is 15.2 Å². The maximum Gasteiger partial charge on any atom is 0.384 e. The number of benzene rings is 1. The Morgan fingerprint density at radius 2 is 1.87 bits per heavy atom. The number of nitrogens with one attached hydrogen (secondary N) is 1. The number of halogens is 1. The van der Waals surface area contributed by atoms with Crippen molar-refractivity contribution in [2.75, 3.05) is 0 Å². The third-order valence-corrected chi connectivity index (χ3v) is 2.77. The summed E-state index contributed by atoms with van der Waals surface area (Å²) >= 11 is 0. The molecular formula is C11H11ClN5O6+. The molecule has 0 spiro atoms. The van der Waals surface area contributed by atoms with Crippen LogP contribution < -0.4 is 18.5 Å². The lowest BCUT2D eigenvalue weighted by Gasteiger charge is -2.03. The summed E-state index contributed by atoms with van der Waals surface area (Å²) in [5.41, 5.74) is 1.69. The molecule has 0 aliphatic heterocycles. The quantitative estimate of drug-likeness (QED) is 0.282. The molecule has 0 fully saturated rings. The van der Waals surface area contributed by atoms with Crippen molar-refractivity contribution in [3.8, 4) is 11.3 Å². The van der Waals surface area contributed by atoms with Crippen LogP contribution in [0.25, 0.3) is 17.0 Å². The summed E-state index contributed by atoms with van der Waals surface area (Å²) in [6.45, 7) is 0. The standard InChI is InChI=1S/C11H9N5O2.ClHO4/c1-14-7-12-15-6-10(13-11(14)15)8-2-4-9(5-3-8)16(17)18;2-1(3,4)5/h2-7H,1H3;(H,2,3,4,5)/p+1. The maximum atomic E-state index is 10.6. The summed E-state index contributed by atoms with van der Waals surface area (Å²) in [6.07, 6.45) is 3.64. The zero-order valence-electron chi connectivity index (χ0n) is 11.6. The Morgan fingerprint density at radius 3 is 2.35 bits per heavy atom. The van der Waals surface area contributed by atoms with E-state index in [4.69, 9.17) is 18.6 Å². The molecule has 122 valence electrons. The molecule has 11 nitrogen and oxygen atoms in total. The lowest BCUT2D eigenvalue weighted by atomic mass is 10.1. The first-order valence-corrected chi connectivity index (χ1v) is 7.21. The van der Waals surface area contributed by atoms with E-state index in [-0.39, 0.29) is 5.69 Å². The maximum absolute atomic E-state index is 10.6. The van der Waals surface area contributed by atoms with Crippen LogP contribution in [0.15, 0.2) is 36.8 Å². The van der Waals surface area contributed by atoms with Gasteiger partial charge in [0, 0.05) is 17.7 Å². The Balaban J connectivity index is 0.000000338. The van der Waals surface area contributed by atoms with Gasteiger partial charge in [0.2, 0.25) is 0 Å². The number of rotatable bonds is 2. The van der Waals surface area contributed by atoms with Gasteiger partial charge >= 0.3 is 5.78 Å². The zero-order chi connectivity index (χ0) is 17.2. The molecule has 2 aromatic heterocycles. The Kier molecular flexibility index (Phi) is 4.58. The summed E-state index contributed by atoms with van der Waals surface area (Å²) in [5.74, 6) is 0.781. The minimum atomic E-state index is -4.69. The van der Waals surface area contributed by atoms with Crippen LogP contribution in [0, 0.1) is 20.4 Å². The number of fused-ring (bicyclic) bond motifs is 1. The monoisotopic (exact) mass is 344 g/mol. The van der Waals surface area contributed by atoms with E-state index in [1.54, 1.807) is 23.0 Å². The van der Waals surface area contributed by atoms with Crippen LogP contribution in [-0.4, -0.2) is 24.2 Å². The number of nitrogens with zero attached hydrogens (tertiary/aromatic N) is 4. The number of aryl methyl sites for hydroxylation is 1. The van der Waals surface area contributed by atoms with Gasteiger partial charge in [-0.1, -0.05) is 0 Å². The van der Waals surface area contributed by atoms with Crippen molar-refractivity contribution < 1.29 is 38.4 Å². The number of imidazole rings is 1. The smallest absolute Gasteiger partial charge is 0.258 e. The van der Waals surface area contributed by atoms with Gasteiger partial charge in [-0.05, 0) is 12.1 Å². The van der Waals surface area contributed by atoms with Crippen LogP contribution in [0.1, 0.15) is 0 Å². The van der Waals surface area contributed by atoms with E-state index in [1.165, 1.54) is 12.1 Å². The normalized spacial score (nSPS) is 11.2. The number of non-ortho nitro benzene ring substituents is 1. The van der Waals surface area contributed by atoms with Crippen LogP contribution in [0.3, 0.4) is 0 Å². The summed E-state index contributed by atoms with van der Waals surface area (Å²) in [6, 6.07) is 6.34. The fourth-order valence-corrected chi connectivity index (χ4v) is 1.81. The van der Waals surface area contributed by atoms with E-state index >= 15 is 0 Å². The first-order chi connectivity index (χ1) is 10.6. The summed E-state index contributed by atoms with van der Waals surface area (Å²) in [7, 11) is -2.81. The minimum Gasteiger partial charge on any atom is -0.258 e. The van der Waals surface area contributed by atoms with Gasteiger partial charge in [-0.25, -0.2) is 4.57 Å². The van der Waals surface area contributed by atoms with E-state index in [0.717, 1.165) is 17.0 Å². The highest BCUT2D eigenvalue weighted by atomic mass is 35.7. The van der Waals surface area contributed by atoms with Gasteiger partial charge in [0.25, 0.3) is 5.69 Å². The second-order valence-electron chi connectivity index (χ2n) is 4.37. The SMILES string of the molecule is C[n+]1c[nH]n2cc(-c3ccc([N+](=O)[O-])cc3)nc21.[O-][Cl+3]([O-])([O-])O. The highest BCUT2D eigenvalue weighted by Gasteiger charge is 2.15. The number of aromatic amines is 1. The number of H-pyrrole nitrogens is 1. The van der Waals surface area contributed by atoms with Crippen molar-refractivity contribution >= 4 is 11.5 Å². The van der Waals surface area contributed by atoms with Crippen molar-refractivity contribution in [3.63, 3.8) is 0 Å². The molecule has 0 saturated heterocycles. The average molecular weight is 345 g/mol. The topological polar surface area (TPSA) is 170 Å². The van der Waals surface area contributed by atoms with Crippen molar-refractivity contribution in [3.05, 3.63) is 46.9 Å². The van der Waals surface area contributed by atoms with E-state index in [9.17, 15) is 10.1 Å². The molecule has 0 amide bonds. The highest BCUT2D eigenvalue weighted by molar-refractivity contribution is 5.62. The van der Waals surface area contributed by atoms with Crippen molar-refractivity contribution in [1.82, 2.24) is 14.6 Å². The van der Waals surface area contributed by atoms with Gasteiger partial charge in [0.05, 0.1) is 26.9 Å².